The second kappa shape index (κ2) is 16.8. The van der Waals surface area contributed by atoms with Gasteiger partial charge in [0.15, 0.2) is 0 Å². The summed E-state index contributed by atoms with van der Waals surface area (Å²) in [7, 11) is 0. The maximum absolute atomic E-state index is 4.20. The van der Waals surface area contributed by atoms with E-state index in [4.69, 9.17) is 0 Å². The first-order valence-corrected chi connectivity index (χ1v) is 9.99. The fraction of sp³-hybridized carbons (Fsp3) is 0.667. The number of allylic oxidation sites excluding steroid dienone is 7. The van der Waals surface area contributed by atoms with E-state index in [2.05, 4.69) is 80.2 Å². The van der Waals surface area contributed by atoms with Crippen molar-refractivity contribution in [2.24, 2.45) is 5.92 Å². The Morgan fingerprint density at radius 3 is 2.04 bits per heavy atom. The Bertz CT molecular complexity index is 404. The molecular formula is C24H44. The minimum Gasteiger partial charge on any atom is -0.0915 e. The van der Waals surface area contributed by atoms with Gasteiger partial charge in [-0.15, -0.1) is 0 Å². The minimum absolute atomic E-state index is 0.785. The monoisotopic (exact) mass is 332 g/mol. The zero-order valence-electron chi connectivity index (χ0n) is 18.0. The fourth-order valence-corrected chi connectivity index (χ4v) is 2.56. The van der Waals surface area contributed by atoms with Gasteiger partial charge in [0.1, 0.15) is 0 Å². The van der Waals surface area contributed by atoms with Crippen molar-refractivity contribution < 1.29 is 0 Å². The molecule has 0 amide bonds. The van der Waals surface area contributed by atoms with E-state index in [1.54, 1.807) is 0 Å². The van der Waals surface area contributed by atoms with Gasteiger partial charge in [0, 0.05) is 0 Å². The summed E-state index contributed by atoms with van der Waals surface area (Å²) in [6, 6.07) is 0. The van der Waals surface area contributed by atoms with Gasteiger partial charge in [0.2, 0.25) is 0 Å². The van der Waals surface area contributed by atoms with Gasteiger partial charge in [-0.2, -0.15) is 0 Å². The van der Waals surface area contributed by atoms with Gasteiger partial charge in [0.25, 0.3) is 0 Å². The number of rotatable bonds is 10. The van der Waals surface area contributed by atoms with Gasteiger partial charge in [0.05, 0.1) is 0 Å². The molecule has 0 heterocycles. The lowest BCUT2D eigenvalue weighted by molar-refractivity contribution is 0.485. The third-order valence-corrected chi connectivity index (χ3v) is 4.05. The van der Waals surface area contributed by atoms with E-state index in [1.807, 2.05) is 0 Å². The Balaban J connectivity index is 0. The summed E-state index contributed by atoms with van der Waals surface area (Å²) in [4.78, 5) is 0. The second-order valence-electron chi connectivity index (χ2n) is 7.24. The van der Waals surface area contributed by atoms with Crippen molar-refractivity contribution in [1.29, 1.82) is 0 Å². The molecule has 24 heavy (non-hydrogen) atoms. The molecule has 0 N–H and O–H groups in total. The van der Waals surface area contributed by atoms with Gasteiger partial charge >= 0.3 is 0 Å². The molecule has 140 valence electrons. The highest BCUT2D eigenvalue weighted by Gasteiger charge is 2.04. The van der Waals surface area contributed by atoms with E-state index in [0.717, 1.165) is 11.5 Å². The Morgan fingerprint density at radius 2 is 1.54 bits per heavy atom. The zero-order chi connectivity index (χ0) is 19.0. The smallest absolute Gasteiger partial charge is 0.0294 e. The molecule has 0 fully saturated rings. The molecule has 0 saturated carbocycles. The van der Waals surface area contributed by atoms with Crippen LogP contribution in [0.3, 0.4) is 0 Å². The van der Waals surface area contributed by atoms with Crippen LogP contribution < -0.4 is 0 Å². The molecule has 0 aliphatic carbocycles. The van der Waals surface area contributed by atoms with Crippen LogP contribution in [-0.2, 0) is 0 Å². The van der Waals surface area contributed by atoms with Crippen LogP contribution in [0.1, 0.15) is 100 Å². The highest BCUT2D eigenvalue weighted by atomic mass is 14.1. The predicted octanol–water partition coefficient (Wildman–Crippen LogP) is 8.81. The van der Waals surface area contributed by atoms with E-state index in [-0.39, 0.29) is 0 Å². The summed E-state index contributed by atoms with van der Waals surface area (Å²) < 4.78 is 0. The van der Waals surface area contributed by atoms with Crippen molar-refractivity contribution in [2.45, 2.75) is 100 Å². The molecule has 0 bridgehead atoms. The average molecular weight is 333 g/mol. The van der Waals surface area contributed by atoms with Crippen molar-refractivity contribution >= 4 is 0 Å². The first kappa shape index (κ1) is 25.2. The van der Waals surface area contributed by atoms with Crippen molar-refractivity contribution in [3.63, 3.8) is 0 Å². The minimum atomic E-state index is 0.785. The van der Waals surface area contributed by atoms with Gasteiger partial charge in [-0.05, 0) is 51.2 Å². The molecule has 0 heteroatoms. The van der Waals surface area contributed by atoms with Gasteiger partial charge in [-0.1, -0.05) is 102 Å². The molecule has 0 aliphatic rings. The quantitative estimate of drug-likeness (QED) is 0.277. The molecule has 0 spiro atoms. The van der Waals surface area contributed by atoms with Crippen LogP contribution >= 0.6 is 0 Å². The maximum atomic E-state index is 4.20. The maximum Gasteiger partial charge on any atom is -0.0294 e. The Hall–Kier alpha value is -1.04. The lowest BCUT2D eigenvalue weighted by Gasteiger charge is -2.12. The van der Waals surface area contributed by atoms with Crippen LogP contribution in [0.4, 0.5) is 0 Å². The Morgan fingerprint density at radius 1 is 0.958 bits per heavy atom. The van der Waals surface area contributed by atoms with Crippen LogP contribution in [-0.4, -0.2) is 0 Å². The molecule has 0 rings (SSSR count). The van der Waals surface area contributed by atoms with Crippen LogP contribution in [0.25, 0.3) is 0 Å². The summed E-state index contributed by atoms with van der Waals surface area (Å²) in [6.45, 7) is 21.7. The largest absolute Gasteiger partial charge is 0.0915 e. The number of unbranched alkanes of at least 4 members (excludes halogenated alkanes) is 3. The van der Waals surface area contributed by atoms with E-state index >= 15 is 0 Å². The Kier molecular flexibility index (Phi) is 17.6. The molecule has 1 unspecified atom stereocenters. The molecule has 1 atom stereocenters. The third kappa shape index (κ3) is 15.8. The molecule has 0 nitrogen and oxygen atoms in total. The predicted molar refractivity (Wildman–Crippen MR) is 115 cm³/mol. The Labute approximate surface area is 153 Å². The molecule has 0 saturated heterocycles. The standard InChI is InChI=1S/C21H36.C3H8/c1-8-10-11-12-13-18(4)14-19(5)16-21(7)20(6)15-17(3)9-2;1-3-2/h9,15-16,18H,7-8,10-14H2,1-6H3;3H2,1-2H3/b17-9-,19-16-,20-15-;. The van der Waals surface area contributed by atoms with Crippen LogP contribution in [0.15, 0.2) is 47.1 Å². The summed E-state index contributed by atoms with van der Waals surface area (Å²) in [5.74, 6) is 0.785. The van der Waals surface area contributed by atoms with E-state index < -0.39 is 0 Å². The molecule has 0 aromatic rings. The summed E-state index contributed by atoms with van der Waals surface area (Å²) >= 11 is 0. The molecule has 0 aromatic heterocycles. The van der Waals surface area contributed by atoms with Crippen LogP contribution in [0, 0.1) is 5.92 Å². The normalized spacial score (nSPS) is 14.1. The fourth-order valence-electron chi connectivity index (χ4n) is 2.56. The van der Waals surface area contributed by atoms with E-state index in [0.29, 0.717) is 0 Å². The van der Waals surface area contributed by atoms with E-state index in [9.17, 15) is 0 Å². The summed E-state index contributed by atoms with van der Waals surface area (Å²) in [6.07, 6.45) is 15.9. The van der Waals surface area contributed by atoms with E-state index in [1.165, 1.54) is 61.7 Å². The van der Waals surface area contributed by atoms with Crippen molar-refractivity contribution in [3.8, 4) is 0 Å². The van der Waals surface area contributed by atoms with Crippen molar-refractivity contribution in [1.82, 2.24) is 0 Å². The highest BCUT2D eigenvalue weighted by molar-refractivity contribution is 5.41. The van der Waals surface area contributed by atoms with Gasteiger partial charge < -0.3 is 0 Å². The van der Waals surface area contributed by atoms with Gasteiger partial charge in [-0.3, -0.25) is 0 Å². The molecule has 0 radical (unpaired) electrons. The van der Waals surface area contributed by atoms with Crippen LogP contribution in [0.5, 0.6) is 0 Å². The third-order valence-electron chi connectivity index (χ3n) is 4.05. The molecular weight excluding hydrogens is 288 g/mol. The second-order valence-corrected chi connectivity index (χ2v) is 7.24. The number of hydrogen-bond acceptors (Lipinski definition) is 0. The van der Waals surface area contributed by atoms with Crippen molar-refractivity contribution in [3.05, 3.63) is 47.1 Å². The topological polar surface area (TPSA) is 0 Å². The van der Waals surface area contributed by atoms with Crippen LogP contribution in [0.2, 0.25) is 0 Å². The molecule has 0 aliphatic heterocycles. The summed E-state index contributed by atoms with van der Waals surface area (Å²) in [5, 5.41) is 0. The summed E-state index contributed by atoms with van der Waals surface area (Å²) in [5.41, 5.74) is 5.16. The first-order chi connectivity index (χ1) is 11.3. The SMILES string of the molecule is C=C(/C=C(/C)CC(C)CCCCCC)/C(C)=C\C(C)=C/C.CCC. The highest BCUT2D eigenvalue weighted by Crippen LogP contribution is 2.21. The molecule has 0 aromatic carbocycles. The van der Waals surface area contributed by atoms with Gasteiger partial charge in [-0.25, -0.2) is 0 Å². The zero-order valence-corrected chi connectivity index (χ0v) is 18.0. The first-order valence-electron chi connectivity index (χ1n) is 9.99. The lowest BCUT2D eigenvalue weighted by atomic mass is 9.94. The van der Waals surface area contributed by atoms with Crippen molar-refractivity contribution in [2.75, 3.05) is 0 Å². The number of hydrogen-bond donors (Lipinski definition) is 0. The lowest BCUT2D eigenvalue weighted by Crippen LogP contribution is -1.96. The average Bonchev–Trinajstić information content (AvgIpc) is 2.51.